The number of carbonyl (C=O) groups excluding carboxylic acids is 1. The van der Waals surface area contributed by atoms with Gasteiger partial charge in [0.2, 0.25) is 0 Å². The molecule has 0 bridgehead atoms. The second-order valence-electron chi connectivity index (χ2n) is 4.94. The van der Waals surface area contributed by atoms with E-state index in [1.54, 1.807) is 13.0 Å². The quantitative estimate of drug-likeness (QED) is 0.878. The van der Waals surface area contributed by atoms with Gasteiger partial charge in [0.15, 0.2) is 0 Å². The molecule has 0 aliphatic rings. The van der Waals surface area contributed by atoms with Crippen molar-refractivity contribution in [3.05, 3.63) is 48.0 Å². The van der Waals surface area contributed by atoms with Crippen molar-refractivity contribution >= 4 is 22.6 Å². The Bertz CT molecular complexity index is 631. The van der Waals surface area contributed by atoms with Crippen molar-refractivity contribution in [3.63, 3.8) is 0 Å². The van der Waals surface area contributed by atoms with E-state index in [2.05, 4.69) is 5.32 Å². The van der Waals surface area contributed by atoms with Crippen molar-refractivity contribution in [3.8, 4) is 0 Å². The van der Waals surface area contributed by atoms with Crippen molar-refractivity contribution in [2.24, 2.45) is 5.92 Å². The van der Waals surface area contributed by atoms with Crippen molar-refractivity contribution in [2.75, 3.05) is 6.54 Å². The van der Waals surface area contributed by atoms with Gasteiger partial charge in [0, 0.05) is 18.5 Å². The largest absolute Gasteiger partial charge is 0.481 e. The summed E-state index contributed by atoms with van der Waals surface area (Å²) < 4.78 is 0. The maximum Gasteiger partial charge on any atom is 0.303 e. The van der Waals surface area contributed by atoms with Crippen LogP contribution in [0.5, 0.6) is 0 Å². The van der Waals surface area contributed by atoms with E-state index in [0.29, 0.717) is 12.1 Å². The molecule has 0 aliphatic carbocycles. The van der Waals surface area contributed by atoms with Crippen LogP contribution in [0.2, 0.25) is 0 Å². The fourth-order valence-electron chi connectivity index (χ4n) is 2.16. The second kappa shape index (κ2) is 6.19. The Labute approximate surface area is 117 Å². The van der Waals surface area contributed by atoms with E-state index in [4.69, 9.17) is 5.11 Å². The molecule has 4 nitrogen and oxygen atoms in total. The van der Waals surface area contributed by atoms with Gasteiger partial charge in [-0.25, -0.2) is 0 Å². The van der Waals surface area contributed by atoms with Crippen molar-refractivity contribution in [1.29, 1.82) is 0 Å². The number of amides is 1. The van der Waals surface area contributed by atoms with E-state index in [-0.39, 0.29) is 18.2 Å². The number of nitrogens with one attached hydrogen (secondary N) is 1. The zero-order valence-electron chi connectivity index (χ0n) is 11.3. The van der Waals surface area contributed by atoms with E-state index in [9.17, 15) is 9.59 Å². The lowest BCUT2D eigenvalue weighted by Crippen LogP contribution is -2.29. The summed E-state index contributed by atoms with van der Waals surface area (Å²) in [5.41, 5.74) is 0.616. The first-order valence-corrected chi connectivity index (χ1v) is 6.55. The highest BCUT2D eigenvalue weighted by molar-refractivity contribution is 6.06. The van der Waals surface area contributed by atoms with Crippen LogP contribution in [0.25, 0.3) is 10.8 Å². The van der Waals surface area contributed by atoms with E-state index >= 15 is 0 Å². The molecule has 4 heteroatoms. The van der Waals surface area contributed by atoms with Gasteiger partial charge in [-0.15, -0.1) is 0 Å². The van der Waals surface area contributed by atoms with Gasteiger partial charge >= 0.3 is 5.97 Å². The average molecular weight is 271 g/mol. The van der Waals surface area contributed by atoms with Gasteiger partial charge in [-0.3, -0.25) is 9.59 Å². The highest BCUT2D eigenvalue weighted by Gasteiger charge is 2.12. The van der Waals surface area contributed by atoms with Crippen LogP contribution in [0.3, 0.4) is 0 Å². The first-order valence-electron chi connectivity index (χ1n) is 6.55. The fraction of sp³-hybridized carbons (Fsp3) is 0.250. The minimum Gasteiger partial charge on any atom is -0.481 e. The van der Waals surface area contributed by atoms with Crippen LogP contribution in [-0.2, 0) is 4.79 Å². The molecule has 0 aromatic heterocycles. The van der Waals surface area contributed by atoms with Gasteiger partial charge in [-0.2, -0.15) is 0 Å². The minimum absolute atomic E-state index is 0.0514. The topological polar surface area (TPSA) is 66.4 Å². The first-order chi connectivity index (χ1) is 9.58. The summed E-state index contributed by atoms with van der Waals surface area (Å²) in [6.45, 7) is 2.16. The molecule has 2 rings (SSSR count). The molecule has 2 aromatic carbocycles. The van der Waals surface area contributed by atoms with E-state index in [1.807, 2.05) is 36.4 Å². The zero-order valence-corrected chi connectivity index (χ0v) is 11.3. The Morgan fingerprint density at radius 1 is 1.15 bits per heavy atom. The number of aliphatic carboxylic acids is 1. The molecule has 0 heterocycles. The smallest absolute Gasteiger partial charge is 0.303 e. The van der Waals surface area contributed by atoms with Gasteiger partial charge in [0.25, 0.3) is 5.91 Å². The summed E-state index contributed by atoms with van der Waals surface area (Å²) in [5.74, 6) is -1.11. The number of carboxylic acids is 1. The van der Waals surface area contributed by atoms with Crippen molar-refractivity contribution in [1.82, 2.24) is 5.32 Å². The minimum atomic E-state index is -0.850. The summed E-state index contributed by atoms with van der Waals surface area (Å²) in [6, 6.07) is 13.3. The van der Waals surface area contributed by atoms with Gasteiger partial charge < -0.3 is 10.4 Å². The van der Waals surface area contributed by atoms with Gasteiger partial charge in [0.1, 0.15) is 0 Å². The number of carboxylic acid groups (broad SMARTS) is 1. The predicted octanol–water partition coefficient (Wildman–Crippen LogP) is 2.68. The maximum absolute atomic E-state index is 12.2. The monoisotopic (exact) mass is 271 g/mol. The van der Waals surface area contributed by atoms with E-state index in [0.717, 1.165) is 10.8 Å². The lowest BCUT2D eigenvalue weighted by atomic mass is 10.0. The normalized spacial score (nSPS) is 12.1. The summed E-state index contributed by atoms with van der Waals surface area (Å²) in [4.78, 5) is 22.8. The molecular weight excluding hydrogens is 254 g/mol. The Kier molecular flexibility index (Phi) is 4.35. The van der Waals surface area contributed by atoms with Gasteiger partial charge in [0.05, 0.1) is 0 Å². The van der Waals surface area contributed by atoms with Crippen LogP contribution in [0.15, 0.2) is 42.5 Å². The molecule has 0 fully saturated rings. The molecule has 0 saturated carbocycles. The Balaban J connectivity index is 2.10. The molecule has 20 heavy (non-hydrogen) atoms. The van der Waals surface area contributed by atoms with Crippen LogP contribution < -0.4 is 5.32 Å². The van der Waals surface area contributed by atoms with Gasteiger partial charge in [-0.1, -0.05) is 43.3 Å². The molecular formula is C16H17NO3. The molecule has 1 amide bonds. The van der Waals surface area contributed by atoms with Crippen LogP contribution in [0.4, 0.5) is 0 Å². The standard InChI is InChI=1S/C16H17NO3/c1-11(9-15(18)19)10-17-16(20)14-8-4-6-12-5-2-3-7-13(12)14/h2-8,11H,9-10H2,1H3,(H,17,20)(H,18,19). The molecule has 0 spiro atoms. The van der Waals surface area contributed by atoms with Crippen LogP contribution in [0.1, 0.15) is 23.7 Å². The van der Waals surface area contributed by atoms with Crippen LogP contribution in [-0.4, -0.2) is 23.5 Å². The number of benzene rings is 2. The molecule has 0 radical (unpaired) electrons. The lowest BCUT2D eigenvalue weighted by molar-refractivity contribution is -0.137. The van der Waals surface area contributed by atoms with Crippen molar-refractivity contribution < 1.29 is 14.7 Å². The van der Waals surface area contributed by atoms with E-state index < -0.39 is 5.97 Å². The molecule has 1 atom stereocenters. The Morgan fingerprint density at radius 3 is 2.60 bits per heavy atom. The number of rotatable bonds is 5. The summed E-state index contributed by atoms with van der Waals surface area (Å²) in [7, 11) is 0. The number of hydrogen-bond acceptors (Lipinski definition) is 2. The van der Waals surface area contributed by atoms with E-state index in [1.165, 1.54) is 0 Å². The first kappa shape index (κ1) is 14.1. The number of carbonyl (C=O) groups is 2. The molecule has 1 unspecified atom stereocenters. The zero-order chi connectivity index (χ0) is 14.5. The number of hydrogen-bond donors (Lipinski definition) is 2. The molecule has 0 saturated heterocycles. The third kappa shape index (κ3) is 3.35. The van der Waals surface area contributed by atoms with Crippen LogP contribution in [0, 0.1) is 5.92 Å². The lowest BCUT2D eigenvalue weighted by Gasteiger charge is -2.11. The average Bonchev–Trinajstić information content (AvgIpc) is 2.43. The Morgan fingerprint density at radius 2 is 1.85 bits per heavy atom. The van der Waals surface area contributed by atoms with Crippen LogP contribution >= 0.6 is 0 Å². The highest BCUT2D eigenvalue weighted by atomic mass is 16.4. The molecule has 0 aliphatic heterocycles. The summed E-state index contributed by atoms with van der Waals surface area (Å²) >= 11 is 0. The molecule has 2 N–H and O–H groups in total. The maximum atomic E-state index is 12.2. The Hall–Kier alpha value is -2.36. The van der Waals surface area contributed by atoms with Gasteiger partial charge in [-0.05, 0) is 22.8 Å². The third-order valence-corrected chi connectivity index (χ3v) is 3.17. The SMILES string of the molecule is CC(CNC(=O)c1cccc2ccccc12)CC(=O)O. The molecule has 2 aromatic rings. The second-order valence-corrected chi connectivity index (χ2v) is 4.94. The highest BCUT2D eigenvalue weighted by Crippen LogP contribution is 2.18. The number of fused-ring (bicyclic) bond motifs is 1. The fourth-order valence-corrected chi connectivity index (χ4v) is 2.16. The predicted molar refractivity (Wildman–Crippen MR) is 77.7 cm³/mol. The van der Waals surface area contributed by atoms with Crippen molar-refractivity contribution in [2.45, 2.75) is 13.3 Å². The third-order valence-electron chi connectivity index (χ3n) is 3.17. The summed E-state index contributed by atoms with van der Waals surface area (Å²) in [6.07, 6.45) is 0.0514. The molecule has 104 valence electrons. The summed E-state index contributed by atoms with van der Waals surface area (Å²) in [5, 5.41) is 13.4.